The van der Waals surface area contributed by atoms with Gasteiger partial charge >= 0.3 is 5.97 Å². The zero-order chi connectivity index (χ0) is 22.7. The van der Waals surface area contributed by atoms with Crippen molar-refractivity contribution in [2.75, 3.05) is 6.61 Å². The van der Waals surface area contributed by atoms with Gasteiger partial charge in [-0.1, -0.05) is 53.8 Å². The normalized spacial score (nSPS) is 11.7. The summed E-state index contributed by atoms with van der Waals surface area (Å²) in [5, 5.41) is 0. The molecule has 8 heteroatoms. The molecule has 0 atom stereocenters. The second-order valence-corrected chi connectivity index (χ2v) is 7.88. The van der Waals surface area contributed by atoms with Gasteiger partial charge in [0.1, 0.15) is 12.4 Å². The van der Waals surface area contributed by atoms with Crippen LogP contribution in [0.1, 0.15) is 17.3 Å². The van der Waals surface area contributed by atoms with E-state index >= 15 is 0 Å². The number of esters is 1. The third kappa shape index (κ3) is 4.50. The zero-order valence-electron chi connectivity index (χ0n) is 17.0. The summed E-state index contributed by atoms with van der Waals surface area (Å²) in [4.78, 5) is 29.0. The molecule has 3 aromatic carbocycles. The molecule has 1 amide bonds. The maximum absolute atomic E-state index is 14.5. The van der Waals surface area contributed by atoms with Crippen molar-refractivity contribution in [3.63, 3.8) is 0 Å². The Hall–Kier alpha value is -3.65. The van der Waals surface area contributed by atoms with Crippen molar-refractivity contribution in [3.8, 4) is 11.1 Å². The average Bonchev–Trinajstić information content (AvgIpc) is 3.11. The Morgan fingerprint density at radius 1 is 1.00 bits per heavy atom. The van der Waals surface area contributed by atoms with Gasteiger partial charge in [-0.05, 0) is 36.2 Å². The number of amides is 1. The van der Waals surface area contributed by atoms with E-state index in [1.165, 1.54) is 4.57 Å². The van der Waals surface area contributed by atoms with Crippen molar-refractivity contribution in [1.29, 1.82) is 0 Å². The topological polar surface area (TPSA) is 60.7 Å². The first-order valence-corrected chi connectivity index (χ1v) is 10.7. The standard InChI is InChI=1S/C24H18F2N2O3S/c1-2-31-21(29)14-28-22-19(26)12-18(25)13-20(22)32-24(28)27-23(30)17-10-8-16(9-11-17)15-6-4-3-5-7-15/h3-13H,2,14H2,1H3. The summed E-state index contributed by atoms with van der Waals surface area (Å²) in [6.45, 7) is 1.45. The number of halogens is 2. The fraction of sp³-hybridized carbons (Fsp3) is 0.125. The van der Waals surface area contributed by atoms with Gasteiger partial charge in [-0.2, -0.15) is 4.99 Å². The van der Waals surface area contributed by atoms with E-state index in [9.17, 15) is 18.4 Å². The summed E-state index contributed by atoms with van der Waals surface area (Å²) in [5.41, 5.74) is 2.28. The van der Waals surface area contributed by atoms with E-state index < -0.39 is 23.5 Å². The molecule has 0 fully saturated rings. The number of aromatic nitrogens is 1. The molecule has 5 nitrogen and oxygen atoms in total. The lowest BCUT2D eigenvalue weighted by molar-refractivity contribution is -0.143. The van der Waals surface area contributed by atoms with Crippen LogP contribution in [0.4, 0.5) is 8.78 Å². The van der Waals surface area contributed by atoms with E-state index in [-0.39, 0.29) is 28.2 Å². The van der Waals surface area contributed by atoms with Gasteiger partial charge in [-0.3, -0.25) is 9.59 Å². The molecule has 0 spiro atoms. The summed E-state index contributed by atoms with van der Waals surface area (Å²) >= 11 is 0.923. The van der Waals surface area contributed by atoms with E-state index in [0.717, 1.165) is 34.6 Å². The van der Waals surface area contributed by atoms with Crippen LogP contribution in [-0.2, 0) is 16.1 Å². The van der Waals surface area contributed by atoms with E-state index in [2.05, 4.69) is 4.99 Å². The number of benzene rings is 3. The fourth-order valence-corrected chi connectivity index (χ4v) is 4.35. The third-order valence-corrected chi connectivity index (χ3v) is 5.75. The van der Waals surface area contributed by atoms with Crippen LogP contribution < -0.4 is 4.80 Å². The largest absolute Gasteiger partial charge is 0.465 e. The molecule has 4 rings (SSSR count). The summed E-state index contributed by atoms with van der Waals surface area (Å²) in [5.74, 6) is -2.78. The van der Waals surface area contributed by atoms with Crippen LogP contribution >= 0.6 is 11.3 Å². The number of ether oxygens (including phenoxy) is 1. The van der Waals surface area contributed by atoms with Crippen LogP contribution in [0.2, 0.25) is 0 Å². The van der Waals surface area contributed by atoms with Gasteiger partial charge < -0.3 is 9.30 Å². The molecule has 0 N–H and O–H groups in total. The Labute approximate surface area is 186 Å². The van der Waals surface area contributed by atoms with Crippen molar-refractivity contribution in [2.45, 2.75) is 13.5 Å². The molecule has 1 heterocycles. The van der Waals surface area contributed by atoms with E-state index in [1.807, 2.05) is 42.5 Å². The molecule has 0 unspecified atom stereocenters. The van der Waals surface area contributed by atoms with Crippen LogP contribution in [0.15, 0.2) is 71.7 Å². The van der Waals surface area contributed by atoms with Gasteiger partial charge in [-0.15, -0.1) is 0 Å². The molecule has 0 aliphatic rings. The van der Waals surface area contributed by atoms with Crippen LogP contribution in [-0.4, -0.2) is 23.1 Å². The van der Waals surface area contributed by atoms with Crippen molar-refractivity contribution < 1.29 is 23.1 Å². The molecular weight excluding hydrogens is 434 g/mol. The molecule has 0 aliphatic carbocycles. The minimum absolute atomic E-state index is 0.00423. The van der Waals surface area contributed by atoms with Gasteiger partial charge in [-0.25, -0.2) is 8.78 Å². The molecule has 0 bridgehead atoms. The third-order valence-electron chi connectivity index (χ3n) is 4.72. The van der Waals surface area contributed by atoms with Gasteiger partial charge in [0.15, 0.2) is 10.6 Å². The van der Waals surface area contributed by atoms with Crippen LogP contribution in [0, 0.1) is 11.6 Å². The molecule has 0 saturated carbocycles. The molecule has 32 heavy (non-hydrogen) atoms. The van der Waals surface area contributed by atoms with Gasteiger partial charge in [0.05, 0.1) is 16.8 Å². The molecule has 4 aromatic rings. The van der Waals surface area contributed by atoms with Crippen molar-refractivity contribution >= 4 is 33.4 Å². The Balaban J connectivity index is 1.74. The van der Waals surface area contributed by atoms with Gasteiger partial charge in [0, 0.05) is 11.6 Å². The lowest BCUT2D eigenvalue weighted by Crippen LogP contribution is -2.23. The van der Waals surface area contributed by atoms with Crippen molar-refractivity contribution in [3.05, 3.63) is 88.7 Å². The smallest absolute Gasteiger partial charge is 0.326 e. The SMILES string of the molecule is CCOC(=O)Cn1c(=NC(=O)c2ccc(-c3ccccc3)cc2)sc2cc(F)cc(F)c21. The Kier molecular flexibility index (Phi) is 6.23. The number of fused-ring (bicyclic) bond motifs is 1. The highest BCUT2D eigenvalue weighted by Gasteiger charge is 2.17. The predicted octanol–water partition coefficient (Wildman–Crippen LogP) is 4.95. The number of carbonyl (C=O) groups is 2. The second-order valence-electron chi connectivity index (χ2n) is 6.87. The fourth-order valence-electron chi connectivity index (χ4n) is 3.28. The van der Waals surface area contributed by atoms with Gasteiger partial charge in [0.2, 0.25) is 0 Å². The maximum atomic E-state index is 14.5. The summed E-state index contributed by atoms with van der Waals surface area (Å²) in [6.07, 6.45) is 0. The Morgan fingerprint density at radius 2 is 1.69 bits per heavy atom. The predicted molar refractivity (Wildman–Crippen MR) is 118 cm³/mol. The minimum atomic E-state index is -0.846. The zero-order valence-corrected chi connectivity index (χ0v) is 17.9. The first-order chi connectivity index (χ1) is 15.5. The molecule has 162 valence electrons. The first-order valence-electron chi connectivity index (χ1n) is 9.85. The van der Waals surface area contributed by atoms with E-state index in [4.69, 9.17) is 4.74 Å². The maximum Gasteiger partial charge on any atom is 0.326 e. The molecule has 1 aromatic heterocycles. The van der Waals surface area contributed by atoms with Crippen molar-refractivity contribution in [2.24, 2.45) is 4.99 Å². The molecule has 0 aliphatic heterocycles. The first kappa shape index (κ1) is 21.6. The van der Waals surface area contributed by atoms with Crippen molar-refractivity contribution in [1.82, 2.24) is 4.57 Å². The number of rotatable bonds is 5. The highest BCUT2D eigenvalue weighted by Crippen LogP contribution is 2.23. The minimum Gasteiger partial charge on any atom is -0.465 e. The van der Waals surface area contributed by atoms with Crippen LogP contribution in [0.25, 0.3) is 21.3 Å². The second kappa shape index (κ2) is 9.23. The summed E-state index contributed by atoms with van der Waals surface area (Å²) < 4.78 is 34.6. The Morgan fingerprint density at radius 3 is 2.38 bits per heavy atom. The Bertz CT molecular complexity index is 1360. The molecular formula is C24H18F2N2O3S. The highest BCUT2D eigenvalue weighted by molar-refractivity contribution is 7.16. The van der Waals surface area contributed by atoms with Crippen LogP contribution in [0.5, 0.6) is 0 Å². The highest BCUT2D eigenvalue weighted by atomic mass is 32.1. The van der Waals surface area contributed by atoms with E-state index in [0.29, 0.717) is 5.56 Å². The lowest BCUT2D eigenvalue weighted by atomic mass is 10.0. The van der Waals surface area contributed by atoms with Crippen LogP contribution in [0.3, 0.4) is 0 Å². The number of hydrogen-bond donors (Lipinski definition) is 0. The monoisotopic (exact) mass is 452 g/mol. The van der Waals surface area contributed by atoms with Gasteiger partial charge in [0.25, 0.3) is 5.91 Å². The summed E-state index contributed by atoms with van der Waals surface area (Å²) in [6, 6.07) is 18.5. The summed E-state index contributed by atoms with van der Waals surface area (Å²) in [7, 11) is 0. The molecule has 0 saturated heterocycles. The lowest BCUT2D eigenvalue weighted by Gasteiger charge is -2.06. The quantitative estimate of drug-likeness (QED) is 0.403. The number of nitrogens with zero attached hydrogens (tertiary/aromatic N) is 2. The molecule has 0 radical (unpaired) electrons. The number of carbonyl (C=O) groups excluding carboxylic acids is 2. The average molecular weight is 452 g/mol. The number of thiazole rings is 1. The van der Waals surface area contributed by atoms with E-state index in [1.54, 1.807) is 19.1 Å². The number of hydrogen-bond acceptors (Lipinski definition) is 4.